The summed E-state index contributed by atoms with van der Waals surface area (Å²) >= 11 is 0. The summed E-state index contributed by atoms with van der Waals surface area (Å²) in [5, 5.41) is 0. The topological polar surface area (TPSA) is 9.23 Å². The van der Waals surface area contributed by atoms with Crippen LogP contribution >= 0.6 is 0 Å². The van der Waals surface area contributed by atoms with E-state index in [4.69, 9.17) is 4.74 Å². The highest BCUT2D eigenvalue weighted by Crippen LogP contribution is 2.19. The average molecular weight is 593 g/mol. The summed E-state index contributed by atoms with van der Waals surface area (Å²) in [6.07, 6.45) is 51.9. The van der Waals surface area contributed by atoms with E-state index in [1.807, 2.05) is 0 Å². The van der Waals surface area contributed by atoms with Gasteiger partial charge in [-0.1, -0.05) is 233 Å². The molecular weight excluding hydrogens is 508 g/mol. The molecule has 0 rings (SSSR count). The van der Waals surface area contributed by atoms with Crippen molar-refractivity contribution in [3.8, 4) is 0 Å². The van der Waals surface area contributed by atoms with Gasteiger partial charge in [0.1, 0.15) is 0 Å². The minimum Gasteiger partial charge on any atom is -0.378 e. The Bertz CT molecular complexity index is 446. The van der Waals surface area contributed by atoms with Gasteiger partial charge in [0.15, 0.2) is 0 Å². The molecule has 0 aliphatic heterocycles. The first kappa shape index (κ1) is 42.0. The Morgan fingerprint density at radius 1 is 0.262 bits per heavy atom. The Kier molecular flexibility index (Phi) is 38.9. The molecule has 0 aliphatic carbocycles. The Morgan fingerprint density at radius 2 is 0.476 bits per heavy atom. The highest BCUT2D eigenvalue weighted by Gasteiger charge is 2.09. The second-order valence-corrected chi connectivity index (χ2v) is 14.0. The molecule has 254 valence electrons. The number of ether oxygens (including phenoxy) is 1. The van der Waals surface area contributed by atoms with Crippen molar-refractivity contribution in [2.45, 2.75) is 258 Å². The molecule has 0 aromatic carbocycles. The maximum atomic E-state index is 6.49. The van der Waals surface area contributed by atoms with Crippen LogP contribution in [0.1, 0.15) is 252 Å². The van der Waals surface area contributed by atoms with E-state index in [1.54, 1.807) is 0 Å². The van der Waals surface area contributed by atoms with E-state index in [-0.39, 0.29) is 0 Å². The summed E-state index contributed by atoms with van der Waals surface area (Å²) in [6, 6.07) is 0. The van der Waals surface area contributed by atoms with Crippen LogP contribution in [-0.4, -0.2) is 12.7 Å². The van der Waals surface area contributed by atoms with E-state index in [1.165, 1.54) is 231 Å². The van der Waals surface area contributed by atoms with Crippen molar-refractivity contribution in [1.29, 1.82) is 0 Å². The molecule has 1 atom stereocenters. The molecule has 0 radical (unpaired) electrons. The fourth-order valence-corrected chi connectivity index (χ4v) is 6.58. The van der Waals surface area contributed by atoms with Crippen LogP contribution in [0.2, 0.25) is 0 Å². The van der Waals surface area contributed by atoms with Gasteiger partial charge in [-0.05, 0) is 19.3 Å². The third-order valence-electron chi connectivity index (χ3n) is 9.61. The molecule has 1 nitrogen and oxygen atoms in total. The van der Waals surface area contributed by atoms with E-state index < -0.39 is 0 Å². The Balaban J connectivity index is 3.77. The summed E-state index contributed by atoms with van der Waals surface area (Å²) in [7, 11) is 0. The molecule has 0 bridgehead atoms. The fraction of sp³-hybridized carbons (Fsp3) is 1.00. The van der Waals surface area contributed by atoms with E-state index in [2.05, 4.69) is 20.8 Å². The van der Waals surface area contributed by atoms with Crippen LogP contribution < -0.4 is 0 Å². The smallest absolute Gasteiger partial charge is 0.0575 e. The van der Waals surface area contributed by atoms with Gasteiger partial charge in [0.05, 0.1) is 6.10 Å². The van der Waals surface area contributed by atoms with Crippen LogP contribution in [-0.2, 0) is 4.74 Å². The maximum Gasteiger partial charge on any atom is 0.0575 e. The lowest BCUT2D eigenvalue weighted by atomic mass is 10.0. The number of hydrogen-bond donors (Lipinski definition) is 0. The number of unbranched alkanes of at least 4 members (excludes halogenated alkanes) is 31. The second kappa shape index (κ2) is 39.0. The third-order valence-corrected chi connectivity index (χ3v) is 9.61. The average Bonchev–Trinajstić information content (AvgIpc) is 3.00. The summed E-state index contributed by atoms with van der Waals surface area (Å²) in [5.74, 6) is 0. The maximum absolute atomic E-state index is 6.49. The zero-order valence-electron chi connectivity index (χ0n) is 30.1. The van der Waals surface area contributed by atoms with Crippen molar-refractivity contribution in [3.05, 3.63) is 0 Å². The third kappa shape index (κ3) is 36.2. The second-order valence-electron chi connectivity index (χ2n) is 14.0. The molecule has 42 heavy (non-hydrogen) atoms. The highest BCUT2D eigenvalue weighted by atomic mass is 16.5. The molecule has 0 aromatic heterocycles. The van der Waals surface area contributed by atoms with Gasteiger partial charge in [0, 0.05) is 6.61 Å². The summed E-state index contributed by atoms with van der Waals surface area (Å²) < 4.78 is 6.49. The lowest BCUT2D eigenvalue weighted by molar-refractivity contribution is 0.0357. The molecule has 0 heterocycles. The Morgan fingerprint density at radius 3 is 0.738 bits per heavy atom. The highest BCUT2D eigenvalue weighted by molar-refractivity contribution is 4.61. The van der Waals surface area contributed by atoms with Gasteiger partial charge in [0.2, 0.25) is 0 Å². The van der Waals surface area contributed by atoms with Crippen LogP contribution in [0.15, 0.2) is 0 Å². The molecular formula is C41H84O. The van der Waals surface area contributed by atoms with Gasteiger partial charge in [0.25, 0.3) is 0 Å². The monoisotopic (exact) mass is 593 g/mol. The summed E-state index contributed by atoms with van der Waals surface area (Å²) in [6.45, 7) is 7.95. The first-order chi connectivity index (χ1) is 20.8. The molecule has 0 saturated heterocycles. The van der Waals surface area contributed by atoms with E-state index in [0.29, 0.717) is 6.10 Å². The van der Waals surface area contributed by atoms with Crippen molar-refractivity contribution in [1.82, 2.24) is 0 Å². The lowest BCUT2D eigenvalue weighted by Gasteiger charge is -2.18. The number of rotatable bonds is 38. The predicted octanol–water partition coefficient (Wildman–Crippen LogP) is 15.5. The van der Waals surface area contributed by atoms with Crippen molar-refractivity contribution < 1.29 is 4.74 Å². The summed E-state index contributed by atoms with van der Waals surface area (Å²) in [4.78, 5) is 0. The van der Waals surface area contributed by atoms with Gasteiger partial charge in [-0.25, -0.2) is 0 Å². The van der Waals surface area contributed by atoms with Crippen molar-refractivity contribution in [2.24, 2.45) is 0 Å². The van der Waals surface area contributed by atoms with Crippen LogP contribution in [0, 0.1) is 0 Å². The molecule has 0 amide bonds. The SMILES string of the molecule is CCCCCCCCCCCCCCCCCCC(CCCCCCCCC)OCCCCCCCCCCCCC. The van der Waals surface area contributed by atoms with E-state index in [0.717, 1.165) is 6.61 Å². The quantitative estimate of drug-likeness (QED) is 0.0648. The van der Waals surface area contributed by atoms with E-state index in [9.17, 15) is 0 Å². The van der Waals surface area contributed by atoms with E-state index >= 15 is 0 Å². The van der Waals surface area contributed by atoms with Gasteiger partial charge < -0.3 is 4.74 Å². The first-order valence-corrected chi connectivity index (χ1v) is 20.5. The van der Waals surface area contributed by atoms with Crippen LogP contribution in [0.4, 0.5) is 0 Å². The minimum absolute atomic E-state index is 0.537. The zero-order valence-corrected chi connectivity index (χ0v) is 30.1. The van der Waals surface area contributed by atoms with Crippen LogP contribution in [0.3, 0.4) is 0 Å². The van der Waals surface area contributed by atoms with Gasteiger partial charge in [-0.2, -0.15) is 0 Å². The van der Waals surface area contributed by atoms with Crippen LogP contribution in [0.5, 0.6) is 0 Å². The van der Waals surface area contributed by atoms with Crippen molar-refractivity contribution in [2.75, 3.05) is 6.61 Å². The van der Waals surface area contributed by atoms with Gasteiger partial charge in [-0.3, -0.25) is 0 Å². The largest absolute Gasteiger partial charge is 0.378 e. The molecule has 1 unspecified atom stereocenters. The van der Waals surface area contributed by atoms with Crippen LogP contribution in [0.25, 0.3) is 0 Å². The Labute approximate surface area is 268 Å². The molecule has 0 aliphatic rings. The molecule has 0 N–H and O–H groups in total. The molecule has 1 heteroatoms. The standard InChI is InChI=1S/C41H84O/c1-4-7-10-13-16-18-20-21-22-23-24-25-27-30-33-36-39-41(38-35-32-29-15-12-9-6-3)42-40-37-34-31-28-26-19-17-14-11-8-5-2/h41H,4-40H2,1-3H3. The summed E-state index contributed by atoms with van der Waals surface area (Å²) in [5.41, 5.74) is 0. The molecule has 0 spiro atoms. The lowest BCUT2D eigenvalue weighted by Crippen LogP contribution is -2.14. The normalized spacial score (nSPS) is 12.4. The fourth-order valence-electron chi connectivity index (χ4n) is 6.58. The van der Waals surface area contributed by atoms with Crippen molar-refractivity contribution in [3.63, 3.8) is 0 Å². The zero-order chi connectivity index (χ0) is 30.4. The first-order valence-electron chi connectivity index (χ1n) is 20.5. The number of hydrogen-bond acceptors (Lipinski definition) is 1. The van der Waals surface area contributed by atoms with Gasteiger partial charge >= 0.3 is 0 Å². The molecule has 0 aromatic rings. The molecule has 0 fully saturated rings. The van der Waals surface area contributed by atoms with Gasteiger partial charge in [-0.15, -0.1) is 0 Å². The minimum atomic E-state index is 0.537. The Hall–Kier alpha value is -0.0400. The molecule has 0 saturated carbocycles. The predicted molar refractivity (Wildman–Crippen MR) is 193 cm³/mol. The van der Waals surface area contributed by atoms with Crippen molar-refractivity contribution >= 4 is 0 Å².